The Morgan fingerprint density at radius 1 is 1.27 bits per heavy atom. The van der Waals surface area contributed by atoms with E-state index in [1.54, 1.807) is 22.7 Å². The average molecular weight is 239 g/mol. The van der Waals surface area contributed by atoms with Gasteiger partial charge in [-0.15, -0.1) is 21.5 Å². The number of nitrogens with zero attached hydrogens (tertiary/aromatic N) is 2. The molecule has 15 heavy (non-hydrogen) atoms. The minimum absolute atomic E-state index is 0.956. The van der Waals surface area contributed by atoms with Gasteiger partial charge in [-0.1, -0.05) is 11.3 Å². The normalized spacial score (nSPS) is 10.8. The highest BCUT2D eigenvalue weighted by Crippen LogP contribution is 2.29. The van der Waals surface area contributed by atoms with Crippen LogP contribution in [0.4, 0.5) is 0 Å². The molecule has 0 aliphatic carbocycles. The first-order valence-corrected chi connectivity index (χ1v) is 6.46. The van der Waals surface area contributed by atoms with Crippen molar-refractivity contribution in [3.63, 3.8) is 0 Å². The van der Waals surface area contributed by atoms with Crippen LogP contribution in [0.3, 0.4) is 0 Å². The summed E-state index contributed by atoms with van der Waals surface area (Å²) in [6.07, 6.45) is 0.957. The first kappa shape index (κ1) is 10.7. The van der Waals surface area contributed by atoms with Crippen LogP contribution in [0, 0.1) is 6.92 Å². The van der Waals surface area contributed by atoms with Gasteiger partial charge in [0.1, 0.15) is 5.01 Å². The van der Waals surface area contributed by atoms with Gasteiger partial charge in [0.15, 0.2) is 5.01 Å². The number of hydrogen-bond donors (Lipinski definition) is 1. The Labute approximate surface area is 97.2 Å². The predicted molar refractivity (Wildman–Crippen MR) is 65.6 cm³/mol. The zero-order chi connectivity index (χ0) is 10.7. The van der Waals surface area contributed by atoms with Crippen molar-refractivity contribution in [1.82, 2.24) is 15.5 Å². The van der Waals surface area contributed by atoms with E-state index in [4.69, 9.17) is 0 Å². The molecule has 0 radical (unpaired) electrons. The van der Waals surface area contributed by atoms with Gasteiger partial charge >= 0.3 is 0 Å². The molecule has 0 spiro atoms. The van der Waals surface area contributed by atoms with Crippen molar-refractivity contribution in [2.45, 2.75) is 13.3 Å². The zero-order valence-electron chi connectivity index (χ0n) is 8.78. The van der Waals surface area contributed by atoms with Gasteiger partial charge in [-0.3, -0.25) is 0 Å². The second-order valence-corrected chi connectivity index (χ2v) is 5.61. The highest BCUT2D eigenvalue weighted by Gasteiger charge is 2.07. The molecule has 5 heteroatoms. The van der Waals surface area contributed by atoms with Gasteiger partial charge in [-0.25, -0.2) is 0 Å². The van der Waals surface area contributed by atoms with E-state index in [0.717, 1.165) is 23.0 Å². The van der Waals surface area contributed by atoms with Crippen LogP contribution in [0.1, 0.15) is 9.88 Å². The zero-order valence-corrected chi connectivity index (χ0v) is 10.4. The van der Waals surface area contributed by atoms with Gasteiger partial charge in [0.25, 0.3) is 0 Å². The summed E-state index contributed by atoms with van der Waals surface area (Å²) in [5.41, 5.74) is 0. The molecule has 2 rings (SSSR count). The van der Waals surface area contributed by atoms with Gasteiger partial charge < -0.3 is 5.32 Å². The molecule has 3 nitrogen and oxygen atoms in total. The smallest absolute Gasteiger partial charge is 0.157 e. The molecule has 0 aliphatic heterocycles. The Balaban J connectivity index is 2.13. The molecule has 2 aromatic heterocycles. The molecule has 1 N–H and O–H groups in total. The van der Waals surface area contributed by atoms with Crippen molar-refractivity contribution in [2.24, 2.45) is 0 Å². The highest BCUT2D eigenvalue weighted by atomic mass is 32.1. The molecule has 0 aliphatic rings. The van der Waals surface area contributed by atoms with Crippen LogP contribution in [-0.2, 0) is 6.42 Å². The molecule has 0 fully saturated rings. The molecule has 0 aromatic carbocycles. The molecule has 0 saturated carbocycles. The van der Waals surface area contributed by atoms with Crippen molar-refractivity contribution in [1.29, 1.82) is 0 Å². The maximum Gasteiger partial charge on any atom is 0.157 e. The third-order valence-corrected chi connectivity index (χ3v) is 4.16. The van der Waals surface area contributed by atoms with E-state index in [2.05, 4.69) is 34.6 Å². The van der Waals surface area contributed by atoms with Gasteiger partial charge in [0, 0.05) is 17.8 Å². The van der Waals surface area contributed by atoms with E-state index in [9.17, 15) is 0 Å². The maximum atomic E-state index is 4.20. The highest BCUT2D eigenvalue weighted by molar-refractivity contribution is 7.21. The molecule has 2 aromatic rings. The molecule has 2 heterocycles. The minimum atomic E-state index is 0.956. The third-order valence-electron chi connectivity index (χ3n) is 2.01. The van der Waals surface area contributed by atoms with E-state index < -0.39 is 0 Å². The molecule has 0 unspecified atom stereocenters. The first-order valence-electron chi connectivity index (χ1n) is 4.83. The lowest BCUT2D eigenvalue weighted by Crippen LogP contribution is -2.09. The third kappa shape index (κ3) is 2.62. The number of rotatable bonds is 4. The molecule has 0 amide bonds. The van der Waals surface area contributed by atoms with Gasteiger partial charge in [-0.2, -0.15) is 0 Å². The monoisotopic (exact) mass is 239 g/mol. The van der Waals surface area contributed by atoms with Crippen LogP contribution >= 0.6 is 22.7 Å². The van der Waals surface area contributed by atoms with Crippen LogP contribution in [0.25, 0.3) is 9.88 Å². The Morgan fingerprint density at radius 2 is 2.13 bits per heavy atom. The number of likely N-dealkylation sites (N-methyl/N-ethyl adjacent to an activating group) is 1. The predicted octanol–water partition coefficient (Wildman–Crippen LogP) is 2.34. The summed E-state index contributed by atoms with van der Waals surface area (Å²) in [7, 11) is 1.95. The van der Waals surface area contributed by atoms with Gasteiger partial charge in [-0.05, 0) is 26.1 Å². The Kier molecular flexibility index (Phi) is 3.45. The van der Waals surface area contributed by atoms with Crippen LogP contribution in [0.2, 0.25) is 0 Å². The van der Waals surface area contributed by atoms with Crippen molar-refractivity contribution >= 4 is 22.7 Å². The number of aryl methyl sites for hydroxylation is 1. The second-order valence-electron chi connectivity index (χ2n) is 3.26. The summed E-state index contributed by atoms with van der Waals surface area (Å²) in [4.78, 5) is 2.54. The fraction of sp³-hybridized carbons (Fsp3) is 0.400. The summed E-state index contributed by atoms with van der Waals surface area (Å²) in [6, 6.07) is 4.23. The molecule has 0 bridgehead atoms. The van der Waals surface area contributed by atoms with Crippen LogP contribution < -0.4 is 5.32 Å². The van der Waals surface area contributed by atoms with Crippen LogP contribution in [0.5, 0.6) is 0 Å². The summed E-state index contributed by atoms with van der Waals surface area (Å²) in [6.45, 7) is 3.06. The fourth-order valence-electron chi connectivity index (χ4n) is 1.24. The number of nitrogens with one attached hydrogen (secondary N) is 1. The molecule has 0 atom stereocenters. The summed E-state index contributed by atoms with van der Waals surface area (Å²) in [5.74, 6) is 0. The van der Waals surface area contributed by atoms with Crippen molar-refractivity contribution in [3.8, 4) is 9.88 Å². The van der Waals surface area contributed by atoms with E-state index in [0.29, 0.717) is 0 Å². The number of hydrogen-bond acceptors (Lipinski definition) is 5. The van der Waals surface area contributed by atoms with Crippen molar-refractivity contribution in [2.75, 3.05) is 13.6 Å². The first-order chi connectivity index (χ1) is 7.29. The van der Waals surface area contributed by atoms with Crippen molar-refractivity contribution < 1.29 is 0 Å². The van der Waals surface area contributed by atoms with Gasteiger partial charge in [0.2, 0.25) is 0 Å². The summed E-state index contributed by atoms with van der Waals surface area (Å²) >= 11 is 3.46. The molecule has 80 valence electrons. The molecular formula is C10H13N3S2. The fourth-order valence-corrected chi connectivity index (χ4v) is 2.99. The van der Waals surface area contributed by atoms with E-state index in [1.165, 1.54) is 9.75 Å². The minimum Gasteiger partial charge on any atom is -0.319 e. The molecule has 0 saturated heterocycles. The lowest BCUT2D eigenvalue weighted by molar-refractivity contribution is 0.779. The second kappa shape index (κ2) is 4.83. The topological polar surface area (TPSA) is 37.8 Å². The average Bonchev–Trinajstić information content (AvgIpc) is 2.83. The Morgan fingerprint density at radius 3 is 2.80 bits per heavy atom. The standard InChI is InChI=1S/C10H13N3S2/c1-7-3-4-8(14-7)10-13-12-9(15-10)5-6-11-2/h3-4,11H,5-6H2,1-2H3. The molecular weight excluding hydrogens is 226 g/mol. The van der Waals surface area contributed by atoms with E-state index in [1.807, 2.05) is 7.05 Å². The Bertz CT molecular complexity index is 433. The van der Waals surface area contributed by atoms with Crippen molar-refractivity contribution in [3.05, 3.63) is 22.0 Å². The van der Waals surface area contributed by atoms with Crippen LogP contribution in [0.15, 0.2) is 12.1 Å². The van der Waals surface area contributed by atoms with E-state index >= 15 is 0 Å². The van der Waals surface area contributed by atoms with Crippen LogP contribution in [-0.4, -0.2) is 23.8 Å². The number of aromatic nitrogens is 2. The maximum absolute atomic E-state index is 4.20. The SMILES string of the molecule is CNCCc1nnc(-c2ccc(C)s2)s1. The quantitative estimate of drug-likeness (QED) is 0.890. The summed E-state index contributed by atoms with van der Waals surface area (Å²) < 4.78 is 0. The lowest BCUT2D eigenvalue weighted by Gasteiger charge is -1.91. The lowest BCUT2D eigenvalue weighted by atomic mass is 10.4. The largest absolute Gasteiger partial charge is 0.319 e. The Hall–Kier alpha value is -0.780. The summed E-state index contributed by atoms with van der Waals surface area (Å²) in [5, 5.41) is 13.6. The number of thiophene rings is 1. The van der Waals surface area contributed by atoms with Gasteiger partial charge in [0.05, 0.1) is 4.88 Å². The van der Waals surface area contributed by atoms with E-state index in [-0.39, 0.29) is 0 Å².